The number of rotatable bonds is 7. The molecule has 2 unspecified atom stereocenters. The molecule has 0 radical (unpaired) electrons. The fraction of sp³-hybridized carbons (Fsp3) is 0.0377. The van der Waals surface area contributed by atoms with Gasteiger partial charge < -0.3 is 10.2 Å². The Bertz CT molecular complexity index is 3150. The molecule has 2 heterocycles. The summed E-state index contributed by atoms with van der Waals surface area (Å²) in [7, 11) is 0. The Morgan fingerprint density at radius 3 is 2.02 bits per heavy atom. The van der Waals surface area contributed by atoms with Crippen molar-refractivity contribution >= 4 is 76.0 Å². The van der Waals surface area contributed by atoms with Gasteiger partial charge in [-0.2, -0.15) is 0 Å². The van der Waals surface area contributed by atoms with E-state index < -0.39 is 0 Å². The maximum atomic E-state index is 5.46. The minimum absolute atomic E-state index is 0.133. The summed E-state index contributed by atoms with van der Waals surface area (Å²) < 4.78 is 2.46. The molecule has 58 heavy (non-hydrogen) atoms. The van der Waals surface area contributed by atoms with Crippen LogP contribution in [0.2, 0.25) is 0 Å². The summed E-state index contributed by atoms with van der Waals surface area (Å²) in [5.41, 5.74) is 9.14. The highest BCUT2D eigenvalue weighted by molar-refractivity contribution is 7.26. The summed E-state index contributed by atoms with van der Waals surface area (Å²) in [6.07, 6.45) is -0.381. The van der Waals surface area contributed by atoms with Crippen LogP contribution in [0.4, 0.5) is 17.1 Å². The number of nitrogens with zero attached hydrogens (tertiary/aromatic N) is 2. The van der Waals surface area contributed by atoms with Gasteiger partial charge in [0.05, 0.1) is 0 Å². The molecule has 0 bridgehead atoms. The lowest BCUT2D eigenvalue weighted by atomic mass is 10.00. The van der Waals surface area contributed by atoms with Crippen molar-refractivity contribution in [3.63, 3.8) is 0 Å². The maximum absolute atomic E-state index is 5.46. The third-order valence-corrected chi connectivity index (χ3v) is 12.4. The molecule has 1 aromatic heterocycles. The Balaban J connectivity index is 1.06. The average molecular weight is 763 g/mol. The van der Waals surface area contributed by atoms with Crippen molar-refractivity contribution < 1.29 is 0 Å². The van der Waals surface area contributed by atoms with Crippen molar-refractivity contribution in [3.8, 4) is 11.1 Å². The van der Waals surface area contributed by atoms with Crippen LogP contribution >= 0.6 is 11.3 Å². The first-order valence-electron chi connectivity index (χ1n) is 19.8. The van der Waals surface area contributed by atoms with E-state index in [2.05, 4.69) is 222 Å². The highest BCUT2D eigenvalue weighted by Crippen LogP contribution is 2.43. The Kier molecular flexibility index (Phi) is 8.54. The standard InChI is InChI=1S/C53H38N4S/c1-3-14-35(15-4-1)40-22-11-23-41(32-40)57(42-29-28-36-16-7-8-20-39(36)33-42)43-30-31-46-49(34-43)58-48-27-13-26-47(50(46)48)53-55-51(38-18-5-2-6-19-38)54-52(56-53)45-25-12-21-37-17-9-10-24-44(37)45/h1-34,51-52,54H,(H,55,56). The monoisotopic (exact) mass is 762 g/mol. The van der Waals surface area contributed by atoms with Gasteiger partial charge in [-0.25, -0.2) is 4.99 Å². The van der Waals surface area contributed by atoms with Crippen LogP contribution in [0.1, 0.15) is 29.0 Å². The molecule has 10 aromatic rings. The van der Waals surface area contributed by atoms with Gasteiger partial charge in [-0.15, -0.1) is 11.3 Å². The lowest BCUT2D eigenvalue weighted by Crippen LogP contribution is -2.45. The topological polar surface area (TPSA) is 39.7 Å². The van der Waals surface area contributed by atoms with Crippen LogP contribution in [-0.4, -0.2) is 5.84 Å². The molecule has 0 aliphatic carbocycles. The highest BCUT2D eigenvalue weighted by atomic mass is 32.1. The van der Waals surface area contributed by atoms with Crippen LogP contribution in [0.3, 0.4) is 0 Å². The van der Waals surface area contributed by atoms with Gasteiger partial charge in [-0.05, 0) is 86.3 Å². The van der Waals surface area contributed by atoms with Gasteiger partial charge in [0.1, 0.15) is 18.2 Å². The predicted octanol–water partition coefficient (Wildman–Crippen LogP) is 13.8. The van der Waals surface area contributed by atoms with Gasteiger partial charge in [-0.1, -0.05) is 164 Å². The molecule has 0 saturated carbocycles. The van der Waals surface area contributed by atoms with Gasteiger partial charge in [0, 0.05) is 42.8 Å². The van der Waals surface area contributed by atoms with E-state index in [0.29, 0.717) is 0 Å². The van der Waals surface area contributed by atoms with E-state index in [-0.39, 0.29) is 12.3 Å². The lowest BCUT2D eigenvalue weighted by molar-refractivity contribution is 0.411. The third-order valence-electron chi connectivity index (χ3n) is 11.3. The molecule has 1 aliphatic rings. The summed E-state index contributed by atoms with van der Waals surface area (Å²) in [5, 5.41) is 14.9. The molecule has 2 N–H and O–H groups in total. The number of anilines is 3. The van der Waals surface area contributed by atoms with Gasteiger partial charge in [0.15, 0.2) is 0 Å². The second-order valence-corrected chi connectivity index (χ2v) is 15.9. The number of benzene rings is 9. The van der Waals surface area contributed by atoms with Crippen LogP contribution in [0.25, 0.3) is 52.8 Å². The summed E-state index contributed by atoms with van der Waals surface area (Å²) >= 11 is 1.84. The van der Waals surface area contributed by atoms with Crippen molar-refractivity contribution in [2.75, 3.05) is 4.90 Å². The van der Waals surface area contributed by atoms with Crippen molar-refractivity contribution in [3.05, 3.63) is 223 Å². The molecule has 9 aromatic carbocycles. The molecule has 4 nitrogen and oxygen atoms in total. The molecule has 0 fully saturated rings. The van der Waals surface area contributed by atoms with E-state index in [0.717, 1.165) is 39.6 Å². The zero-order valence-electron chi connectivity index (χ0n) is 31.6. The second kappa shape index (κ2) is 14.5. The first-order chi connectivity index (χ1) is 28.7. The minimum Gasteiger partial charge on any atom is -0.350 e. The highest BCUT2D eigenvalue weighted by Gasteiger charge is 2.28. The number of amidine groups is 1. The zero-order valence-corrected chi connectivity index (χ0v) is 32.4. The largest absolute Gasteiger partial charge is 0.350 e. The molecule has 0 saturated heterocycles. The SMILES string of the molecule is c1ccc(-c2cccc(N(c3ccc4ccccc4c3)c3ccc4c(c3)sc3cccc(C5=NC(c6cccc7ccccc67)NC(c6ccccc6)N5)c34)c2)cc1. The predicted molar refractivity (Wildman–Crippen MR) is 246 cm³/mol. The third kappa shape index (κ3) is 6.18. The molecule has 1 aliphatic heterocycles. The van der Waals surface area contributed by atoms with Gasteiger partial charge in [0.2, 0.25) is 0 Å². The molecular formula is C53H38N4S. The molecule has 276 valence electrons. The smallest absolute Gasteiger partial charge is 0.132 e. The summed E-state index contributed by atoms with van der Waals surface area (Å²) in [5.74, 6) is 0.885. The quantitative estimate of drug-likeness (QED) is 0.170. The van der Waals surface area contributed by atoms with Gasteiger partial charge in [-0.3, -0.25) is 5.32 Å². The van der Waals surface area contributed by atoms with Crippen molar-refractivity contribution in [1.82, 2.24) is 10.6 Å². The molecular weight excluding hydrogens is 725 g/mol. The maximum Gasteiger partial charge on any atom is 0.132 e. The molecule has 5 heteroatoms. The van der Waals surface area contributed by atoms with Crippen molar-refractivity contribution in [1.29, 1.82) is 0 Å². The number of hydrogen-bond acceptors (Lipinski definition) is 5. The number of hydrogen-bond donors (Lipinski definition) is 2. The van der Waals surface area contributed by atoms with Gasteiger partial charge >= 0.3 is 0 Å². The van der Waals surface area contributed by atoms with E-state index in [4.69, 9.17) is 4.99 Å². The van der Waals surface area contributed by atoms with Crippen molar-refractivity contribution in [2.45, 2.75) is 12.3 Å². The Labute approximate surface area is 341 Å². The van der Waals surface area contributed by atoms with E-state index in [9.17, 15) is 0 Å². The molecule has 0 amide bonds. The lowest BCUT2D eigenvalue weighted by Gasteiger charge is -2.33. The summed E-state index contributed by atoms with van der Waals surface area (Å²) in [4.78, 5) is 7.85. The van der Waals surface area contributed by atoms with Crippen molar-refractivity contribution in [2.24, 2.45) is 4.99 Å². The second-order valence-electron chi connectivity index (χ2n) is 14.8. The fourth-order valence-corrected chi connectivity index (χ4v) is 9.69. The molecule has 0 spiro atoms. The molecule has 2 atom stereocenters. The van der Waals surface area contributed by atoms with E-state index in [1.807, 2.05) is 11.3 Å². The van der Waals surface area contributed by atoms with Crippen LogP contribution in [0.15, 0.2) is 211 Å². The first-order valence-corrected chi connectivity index (χ1v) is 20.6. The fourth-order valence-electron chi connectivity index (χ4n) is 8.53. The average Bonchev–Trinajstić information content (AvgIpc) is 3.68. The minimum atomic E-state index is -0.249. The van der Waals surface area contributed by atoms with E-state index in [1.54, 1.807) is 0 Å². The van der Waals surface area contributed by atoms with E-state index >= 15 is 0 Å². The van der Waals surface area contributed by atoms with E-state index in [1.165, 1.54) is 52.8 Å². The zero-order chi connectivity index (χ0) is 38.4. The first kappa shape index (κ1) is 34.2. The van der Waals surface area contributed by atoms with Crippen LogP contribution in [0.5, 0.6) is 0 Å². The van der Waals surface area contributed by atoms with Gasteiger partial charge in [0.25, 0.3) is 0 Å². The van der Waals surface area contributed by atoms with Crippen LogP contribution < -0.4 is 15.5 Å². The van der Waals surface area contributed by atoms with Crippen LogP contribution in [-0.2, 0) is 0 Å². The Hall–Kier alpha value is -7.05. The number of thiophene rings is 1. The number of fused-ring (bicyclic) bond motifs is 5. The van der Waals surface area contributed by atoms with Crippen LogP contribution in [0, 0.1) is 0 Å². The number of nitrogens with one attached hydrogen (secondary N) is 2. The Morgan fingerprint density at radius 2 is 1.14 bits per heavy atom. The molecule has 11 rings (SSSR count). The normalized spacial score (nSPS) is 15.4. The number of aliphatic imine (C=N–C) groups is 1. The summed E-state index contributed by atoms with van der Waals surface area (Å²) in [6.45, 7) is 0. The Morgan fingerprint density at radius 1 is 0.466 bits per heavy atom. The summed E-state index contributed by atoms with van der Waals surface area (Å²) in [6, 6.07) is 74.1.